The van der Waals surface area contributed by atoms with Gasteiger partial charge in [-0.15, -0.1) is 0 Å². The van der Waals surface area contributed by atoms with E-state index in [0.29, 0.717) is 6.04 Å². The third-order valence-corrected chi connectivity index (χ3v) is 4.17. The van der Waals surface area contributed by atoms with E-state index in [-0.39, 0.29) is 5.41 Å². The van der Waals surface area contributed by atoms with E-state index in [1.54, 1.807) is 0 Å². The Hall–Kier alpha value is -0.120. The highest BCUT2D eigenvalue weighted by molar-refractivity contribution is 4.88. The molecule has 1 saturated heterocycles. The molecule has 0 bridgehead atoms. The molecule has 0 radical (unpaired) electrons. The highest BCUT2D eigenvalue weighted by Crippen LogP contribution is 2.29. The molecule has 1 rings (SSSR count). The lowest BCUT2D eigenvalue weighted by atomic mass is 9.86. The summed E-state index contributed by atoms with van der Waals surface area (Å²) in [4.78, 5) is 2.62. The van der Waals surface area contributed by atoms with Crippen LogP contribution in [0, 0.1) is 5.41 Å². The van der Waals surface area contributed by atoms with Gasteiger partial charge >= 0.3 is 0 Å². The fourth-order valence-electron chi connectivity index (χ4n) is 2.51. The molecule has 3 nitrogen and oxygen atoms in total. The summed E-state index contributed by atoms with van der Waals surface area (Å²) in [5.74, 6) is 0. The summed E-state index contributed by atoms with van der Waals surface area (Å²) in [6.07, 6.45) is 4.89. The zero-order valence-corrected chi connectivity index (χ0v) is 11.9. The molecule has 17 heavy (non-hydrogen) atoms. The number of nitrogens with two attached hydrogens (primary N) is 1. The summed E-state index contributed by atoms with van der Waals surface area (Å²) >= 11 is 0. The molecule has 0 aliphatic carbocycles. The second kappa shape index (κ2) is 7.34. The molecule has 2 N–H and O–H groups in total. The summed E-state index contributed by atoms with van der Waals surface area (Å²) in [5, 5.41) is 0. The molecule has 0 amide bonds. The standard InChI is InChI=1S/C14H30N2O/c1-4-6-8-16(13(3)5-2)11-14(10-15)7-9-17-12-14/h13H,4-12,15H2,1-3H3. The van der Waals surface area contributed by atoms with Gasteiger partial charge in [0.15, 0.2) is 0 Å². The molecule has 1 fully saturated rings. The van der Waals surface area contributed by atoms with E-state index in [4.69, 9.17) is 10.5 Å². The van der Waals surface area contributed by atoms with E-state index >= 15 is 0 Å². The molecule has 0 saturated carbocycles. The first-order valence-electron chi connectivity index (χ1n) is 7.19. The summed E-state index contributed by atoms with van der Waals surface area (Å²) in [6, 6.07) is 0.658. The maximum atomic E-state index is 5.98. The van der Waals surface area contributed by atoms with E-state index in [1.807, 2.05) is 0 Å². The van der Waals surface area contributed by atoms with Gasteiger partial charge in [-0.2, -0.15) is 0 Å². The fraction of sp³-hybridized carbons (Fsp3) is 1.00. The number of nitrogens with zero attached hydrogens (tertiary/aromatic N) is 1. The maximum absolute atomic E-state index is 5.98. The highest BCUT2D eigenvalue weighted by Gasteiger charge is 2.36. The normalized spacial score (nSPS) is 26.6. The maximum Gasteiger partial charge on any atom is 0.0547 e. The summed E-state index contributed by atoms with van der Waals surface area (Å²) < 4.78 is 5.56. The van der Waals surface area contributed by atoms with Crippen LogP contribution >= 0.6 is 0 Å². The lowest BCUT2D eigenvalue weighted by Gasteiger charge is -2.36. The molecule has 0 aromatic rings. The van der Waals surface area contributed by atoms with Crippen molar-refractivity contribution in [1.82, 2.24) is 4.90 Å². The van der Waals surface area contributed by atoms with Crippen LogP contribution in [0.25, 0.3) is 0 Å². The quantitative estimate of drug-likeness (QED) is 0.709. The van der Waals surface area contributed by atoms with E-state index in [0.717, 1.165) is 32.7 Å². The predicted molar refractivity (Wildman–Crippen MR) is 73.2 cm³/mol. The Morgan fingerprint density at radius 3 is 2.65 bits per heavy atom. The van der Waals surface area contributed by atoms with Crippen molar-refractivity contribution in [1.29, 1.82) is 0 Å². The van der Waals surface area contributed by atoms with Crippen molar-refractivity contribution in [3.8, 4) is 0 Å². The van der Waals surface area contributed by atoms with Gasteiger partial charge in [-0.1, -0.05) is 20.3 Å². The SMILES string of the molecule is CCCCN(CC1(CN)CCOC1)C(C)CC. The largest absolute Gasteiger partial charge is 0.381 e. The lowest BCUT2D eigenvalue weighted by molar-refractivity contribution is 0.0921. The summed E-state index contributed by atoms with van der Waals surface area (Å²) in [7, 11) is 0. The van der Waals surface area contributed by atoms with Crippen molar-refractivity contribution in [3.05, 3.63) is 0 Å². The van der Waals surface area contributed by atoms with Gasteiger partial charge in [0.25, 0.3) is 0 Å². The smallest absolute Gasteiger partial charge is 0.0547 e. The van der Waals surface area contributed by atoms with Crippen LogP contribution in [0.4, 0.5) is 0 Å². The molecule has 0 aromatic carbocycles. The molecule has 1 aliphatic heterocycles. The van der Waals surface area contributed by atoms with E-state index in [9.17, 15) is 0 Å². The molecule has 0 spiro atoms. The first kappa shape index (κ1) is 14.9. The van der Waals surface area contributed by atoms with Crippen LogP contribution in [0.3, 0.4) is 0 Å². The molecule has 102 valence electrons. The first-order chi connectivity index (χ1) is 8.17. The Labute approximate surface area is 107 Å². The second-order valence-corrected chi connectivity index (χ2v) is 5.59. The Morgan fingerprint density at radius 2 is 2.18 bits per heavy atom. The van der Waals surface area contributed by atoms with Crippen molar-refractivity contribution >= 4 is 0 Å². The average molecular weight is 242 g/mol. The summed E-state index contributed by atoms with van der Waals surface area (Å²) in [5.41, 5.74) is 6.20. The third kappa shape index (κ3) is 4.23. The van der Waals surface area contributed by atoms with Gasteiger partial charge < -0.3 is 10.5 Å². The minimum absolute atomic E-state index is 0.219. The van der Waals surface area contributed by atoms with Gasteiger partial charge in [-0.05, 0) is 32.7 Å². The summed E-state index contributed by atoms with van der Waals surface area (Å²) in [6.45, 7) is 11.7. The predicted octanol–water partition coefficient (Wildman–Crippen LogP) is 2.25. The average Bonchev–Trinajstić information content (AvgIpc) is 2.82. The van der Waals surface area contributed by atoms with Gasteiger partial charge in [0.1, 0.15) is 0 Å². The molecule has 1 heterocycles. The second-order valence-electron chi connectivity index (χ2n) is 5.59. The Morgan fingerprint density at radius 1 is 1.41 bits per heavy atom. The highest BCUT2D eigenvalue weighted by atomic mass is 16.5. The van der Waals surface area contributed by atoms with Crippen LogP contribution in [0.5, 0.6) is 0 Å². The zero-order valence-electron chi connectivity index (χ0n) is 11.9. The van der Waals surface area contributed by atoms with Crippen molar-refractivity contribution in [2.75, 3.05) is 32.8 Å². The molecule has 2 atom stereocenters. The topological polar surface area (TPSA) is 38.5 Å². The van der Waals surface area contributed by atoms with Crippen LogP contribution in [0.2, 0.25) is 0 Å². The third-order valence-electron chi connectivity index (χ3n) is 4.17. The van der Waals surface area contributed by atoms with E-state index in [1.165, 1.54) is 25.8 Å². The number of hydrogen-bond acceptors (Lipinski definition) is 3. The van der Waals surface area contributed by atoms with Crippen LogP contribution in [-0.2, 0) is 4.74 Å². The number of hydrogen-bond donors (Lipinski definition) is 1. The van der Waals surface area contributed by atoms with Crippen molar-refractivity contribution in [2.24, 2.45) is 11.1 Å². The Balaban J connectivity index is 2.56. The van der Waals surface area contributed by atoms with Gasteiger partial charge in [-0.25, -0.2) is 0 Å². The first-order valence-corrected chi connectivity index (χ1v) is 7.19. The van der Waals surface area contributed by atoms with Crippen LogP contribution < -0.4 is 5.73 Å². The monoisotopic (exact) mass is 242 g/mol. The Bertz CT molecular complexity index is 202. The van der Waals surface area contributed by atoms with Crippen molar-refractivity contribution in [2.45, 2.75) is 52.5 Å². The Kier molecular flexibility index (Phi) is 6.45. The molecule has 0 aromatic heterocycles. The zero-order chi connectivity index (χ0) is 12.7. The van der Waals surface area contributed by atoms with Crippen molar-refractivity contribution < 1.29 is 4.74 Å². The minimum atomic E-state index is 0.219. The van der Waals surface area contributed by atoms with Gasteiger partial charge in [-0.3, -0.25) is 4.90 Å². The van der Waals surface area contributed by atoms with Gasteiger partial charge in [0.2, 0.25) is 0 Å². The van der Waals surface area contributed by atoms with Crippen LogP contribution in [-0.4, -0.2) is 43.8 Å². The van der Waals surface area contributed by atoms with Crippen LogP contribution in [0.1, 0.15) is 46.5 Å². The van der Waals surface area contributed by atoms with E-state index < -0.39 is 0 Å². The van der Waals surface area contributed by atoms with Crippen molar-refractivity contribution in [3.63, 3.8) is 0 Å². The van der Waals surface area contributed by atoms with Crippen LogP contribution in [0.15, 0.2) is 0 Å². The minimum Gasteiger partial charge on any atom is -0.381 e. The van der Waals surface area contributed by atoms with E-state index in [2.05, 4.69) is 25.7 Å². The molecular formula is C14H30N2O. The fourth-order valence-corrected chi connectivity index (χ4v) is 2.51. The molecule has 3 heteroatoms. The number of rotatable bonds is 8. The lowest BCUT2D eigenvalue weighted by Crippen LogP contribution is -2.46. The van der Waals surface area contributed by atoms with Gasteiger partial charge in [0.05, 0.1) is 6.61 Å². The molecule has 1 aliphatic rings. The molecule has 2 unspecified atom stereocenters. The number of unbranched alkanes of at least 4 members (excludes halogenated alkanes) is 1. The number of ether oxygens (including phenoxy) is 1. The van der Waals surface area contributed by atoms with Gasteiger partial charge in [0, 0.05) is 31.2 Å². The molecular weight excluding hydrogens is 212 g/mol.